The number of nitrogens with zero attached hydrogens (tertiary/aromatic N) is 4. The van der Waals surface area contributed by atoms with Gasteiger partial charge in [-0.2, -0.15) is 0 Å². The van der Waals surface area contributed by atoms with Gasteiger partial charge in [0.1, 0.15) is 6.04 Å². The molecule has 164 valence electrons. The molecule has 0 saturated carbocycles. The standard InChI is InChI=1S/C24H29ClN4O2/c1-26(2)24(31)23-21-6-4-3-5-18(21)11-12-29(23)17-22(30)28-15-13-27(14-16-28)20-9-7-19(25)8-10-20/h3-10,23H,11-17H2,1-2H3/t23-/m0/s1. The average Bonchev–Trinajstić information content (AvgIpc) is 2.79. The number of piperazine rings is 1. The summed E-state index contributed by atoms with van der Waals surface area (Å²) in [5.74, 6) is 0.110. The Balaban J connectivity index is 1.42. The van der Waals surface area contributed by atoms with E-state index in [0.717, 1.165) is 35.8 Å². The van der Waals surface area contributed by atoms with E-state index in [1.807, 2.05) is 52.3 Å². The van der Waals surface area contributed by atoms with Crippen LogP contribution in [0, 0.1) is 0 Å². The summed E-state index contributed by atoms with van der Waals surface area (Å²) in [7, 11) is 3.55. The van der Waals surface area contributed by atoms with E-state index in [9.17, 15) is 9.59 Å². The monoisotopic (exact) mass is 440 g/mol. The summed E-state index contributed by atoms with van der Waals surface area (Å²) in [5.41, 5.74) is 3.34. The van der Waals surface area contributed by atoms with Crippen LogP contribution in [0.4, 0.5) is 5.69 Å². The van der Waals surface area contributed by atoms with Crippen molar-refractivity contribution in [3.05, 3.63) is 64.7 Å². The SMILES string of the molecule is CN(C)C(=O)[C@@H]1c2ccccc2CCN1CC(=O)N1CCN(c2ccc(Cl)cc2)CC1. The number of carbonyl (C=O) groups is 2. The Labute approximate surface area is 189 Å². The molecule has 4 rings (SSSR count). The second-order valence-corrected chi connectivity index (χ2v) is 8.84. The maximum Gasteiger partial charge on any atom is 0.244 e. The zero-order valence-electron chi connectivity index (χ0n) is 18.1. The maximum atomic E-state index is 13.1. The second kappa shape index (κ2) is 9.28. The summed E-state index contributed by atoms with van der Waals surface area (Å²) in [6, 6.07) is 15.5. The third-order valence-corrected chi connectivity index (χ3v) is 6.47. The fourth-order valence-electron chi connectivity index (χ4n) is 4.46. The molecule has 0 bridgehead atoms. The molecule has 2 aliphatic heterocycles. The highest BCUT2D eigenvalue weighted by atomic mass is 35.5. The van der Waals surface area contributed by atoms with Gasteiger partial charge in [-0.3, -0.25) is 14.5 Å². The number of rotatable bonds is 4. The Hall–Kier alpha value is -2.57. The highest BCUT2D eigenvalue weighted by Crippen LogP contribution is 2.31. The lowest BCUT2D eigenvalue weighted by molar-refractivity contribution is -0.139. The number of hydrogen-bond acceptors (Lipinski definition) is 4. The Kier molecular flexibility index (Phi) is 6.49. The van der Waals surface area contributed by atoms with Crippen LogP contribution in [0.2, 0.25) is 5.02 Å². The maximum absolute atomic E-state index is 13.1. The van der Waals surface area contributed by atoms with Gasteiger partial charge in [0.25, 0.3) is 0 Å². The number of carbonyl (C=O) groups excluding carboxylic acids is 2. The van der Waals surface area contributed by atoms with E-state index in [-0.39, 0.29) is 18.4 Å². The van der Waals surface area contributed by atoms with Crippen LogP contribution in [0.15, 0.2) is 48.5 Å². The van der Waals surface area contributed by atoms with Crippen LogP contribution < -0.4 is 4.90 Å². The van der Waals surface area contributed by atoms with Gasteiger partial charge in [0.15, 0.2) is 0 Å². The highest BCUT2D eigenvalue weighted by Gasteiger charge is 2.35. The van der Waals surface area contributed by atoms with Crippen LogP contribution in [0.1, 0.15) is 17.2 Å². The van der Waals surface area contributed by atoms with Gasteiger partial charge in [0.05, 0.1) is 6.54 Å². The van der Waals surface area contributed by atoms with Crippen LogP contribution in [0.3, 0.4) is 0 Å². The third kappa shape index (κ3) is 4.70. The van der Waals surface area contributed by atoms with Crippen LogP contribution >= 0.6 is 11.6 Å². The molecular formula is C24H29ClN4O2. The molecule has 1 fully saturated rings. The largest absolute Gasteiger partial charge is 0.368 e. The summed E-state index contributed by atoms with van der Waals surface area (Å²) < 4.78 is 0. The Bertz CT molecular complexity index is 939. The molecule has 2 aromatic rings. The van der Waals surface area contributed by atoms with Gasteiger partial charge in [-0.1, -0.05) is 35.9 Å². The van der Waals surface area contributed by atoms with Crippen molar-refractivity contribution in [2.75, 3.05) is 58.3 Å². The zero-order chi connectivity index (χ0) is 22.0. The molecule has 2 heterocycles. The molecule has 0 spiro atoms. The number of fused-ring (bicyclic) bond motifs is 1. The Morgan fingerprint density at radius 3 is 2.32 bits per heavy atom. The number of hydrogen-bond donors (Lipinski definition) is 0. The van der Waals surface area contributed by atoms with E-state index >= 15 is 0 Å². The van der Waals surface area contributed by atoms with Gasteiger partial charge in [0.2, 0.25) is 11.8 Å². The summed E-state index contributed by atoms with van der Waals surface area (Å²) in [6.45, 7) is 3.90. The first-order chi connectivity index (χ1) is 14.9. The molecule has 1 saturated heterocycles. The van der Waals surface area contributed by atoms with Crippen molar-refractivity contribution in [2.45, 2.75) is 12.5 Å². The minimum Gasteiger partial charge on any atom is -0.368 e. The third-order valence-electron chi connectivity index (χ3n) is 6.22. The van der Waals surface area contributed by atoms with Crippen molar-refractivity contribution in [1.29, 1.82) is 0 Å². The van der Waals surface area contributed by atoms with Gasteiger partial charge in [-0.15, -0.1) is 0 Å². The van der Waals surface area contributed by atoms with Crippen molar-refractivity contribution in [3.8, 4) is 0 Å². The highest BCUT2D eigenvalue weighted by molar-refractivity contribution is 6.30. The van der Waals surface area contributed by atoms with E-state index in [0.29, 0.717) is 19.6 Å². The van der Waals surface area contributed by atoms with Crippen molar-refractivity contribution in [1.82, 2.24) is 14.7 Å². The van der Waals surface area contributed by atoms with Crippen LogP contribution in [-0.4, -0.2) is 79.9 Å². The molecule has 2 aliphatic rings. The van der Waals surface area contributed by atoms with Crippen molar-refractivity contribution in [3.63, 3.8) is 0 Å². The average molecular weight is 441 g/mol. The lowest BCUT2D eigenvalue weighted by atomic mass is 9.91. The lowest BCUT2D eigenvalue weighted by Gasteiger charge is -2.40. The van der Waals surface area contributed by atoms with Crippen molar-refractivity contribution in [2.24, 2.45) is 0 Å². The summed E-state index contributed by atoms with van der Waals surface area (Å²) in [6.07, 6.45) is 0.852. The van der Waals surface area contributed by atoms with Gasteiger partial charge >= 0.3 is 0 Å². The number of likely N-dealkylation sites (N-methyl/N-ethyl adjacent to an activating group) is 1. The van der Waals surface area contributed by atoms with Crippen molar-refractivity contribution < 1.29 is 9.59 Å². The minimum atomic E-state index is -0.403. The second-order valence-electron chi connectivity index (χ2n) is 8.40. The van der Waals surface area contributed by atoms with E-state index < -0.39 is 6.04 Å². The van der Waals surface area contributed by atoms with Gasteiger partial charge in [0, 0.05) is 57.5 Å². The molecule has 1 atom stereocenters. The smallest absolute Gasteiger partial charge is 0.244 e. The molecule has 6 nitrogen and oxygen atoms in total. The summed E-state index contributed by atoms with van der Waals surface area (Å²) in [4.78, 5) is 34.0. The van der Waals surface area contributed by atoms with Gasteiger partial charge in [-0.05, 0) is 41.8 Å². The zero-order valence-corrected chi connectivity index (χ0v) is 18.9. The number of halogens is 1. The van der Waals surface area contributed by atoms with E-state index in [2.05, 4.69) is 11.0 Å². The molecule has 7 heteroatoms. The van der Waals surface area contributed by atoms with E-state index in [1.165, 1.54) is 5.56 Å². The predicted octanol–water partition coefficient (Wildman–Crippen LogP) is 2.68. The summed E-state index contributed by atoms with van der Waals surface area (Å²) >= 11 is 5.99. The molecule has 2 amide bonds. The van der Waals surface area contributed by atoms with Crippen LogP contribution in [0.5, 0.6) is 0 Å². The van der Waals surface area contributed by atoms with Gasteiger partial charge in [-0.25, -0.2) is 0 Å². The van der Waals surface area contributed by atoms with Crippen molar-refractivity contribution >= 4 is 29.1 Å². The quantitative estimate of drug-likeness (QED) is 0.733. The number of anilines is 1. The number of benzene rings is 2. The molecule has 0 N–H and O–H groups in total. The predicted molar refractivity (Wildman–Crippen MR) is 123 cm³/mol. The first-order valence-corrected chi connectivity index (χ1v) is 11.1. The van der Waals surface area contributed by atoms with Crippen LogP contribution in [-0.2, 0) is 16.0 Å². The molecule has 0 aromatic heterocycles. The van der Waals surface area contributed by atoms with Gasteiger partial charge < -0.3 is 14.7 Å². The van der Waals surface area contributed by atoms with Crippen LogP contribution in [0.25, 0.3) is 0 Å². The fourth-order valence-corrected chi connectivity index (χ4v) is 4.59. The number of amides is 2. The first-order valence-electron chi connectivity index (χ1n) is 10.8. The normalized spacial score (nSPS) is 19.1. The molecule has 2 aromatic carbocycles. The Morgan fingerprint density at radius 2 is 1.65 bits per heavy atom. The molecular weight excluding hydrogens is 412 g/mol. The molecule has 31 heavy (non-hydrogen) atoms. The molecule has 0 aliphatic carbocycles. The first kappa shape index (κ1) is 21.7. The van der Waals surface area contributed by atoms with E-state index in [4.69, 9.17) is 11.6 Å². The van der Waals surface area contributed by atoms with E-state index in [1.54, 1.807) is 19.0 Å². The Morgan fingerprint density at radius 1 is 0.968 bits per heavy atom. The molecule has 0 radical (unpaired) electrons. The summed E-state index contributed by atoms with van der Waals surface area (Å²) in [5, 5.41) is 0.725. The lowest BCUT2D eigenvalue weighted by Crippen LogP contribution is -2.53. The minimum absolute atomic E-state index is 0.0208. The fraction of sp³-hybridized carbons (Fsp3) is 0.417. The molecule has 0 unspecified atom stereocenters. The topological polar surface area (TPSA) is 47.1 Å².